The van der Waals surface area contributed by atoms with Crippen LogP contribution >= 0.6 is 0 Å². The fourth-order valence-electron chi connectivity index (χ4n) is 5.11. The second-order valence-electron chi connectivity index (χ2n) is 9.14. The molecule has 1 unspecified atom stereocenters. The van der Waals surface area contributed by atoms with Crippen molar-refractivity contribution in [3.63, 3.8) is 0 Å². The predicted octanol–water partition coefficient (Wildman–Crippen LogP) is 4.96. The van der Waals surface area contributed by atoms with Gasteiger partial charge >= 0.3 is 0 Å². The number of rotatable bonds is 5. The van der Waals surface area contributed by atoms with E-state index in [1.807, 2.05) is 60.7 Å². The number of carbonyl (C=O) groups excluding carboxylic acids is 1. The zero-order valence-corrected chi connectivity index (χ0v) is 19.4. The number of benzene rings is 3. The van der Waals surface area contributed by atoms with Crippen LogP contribution < -0.4 is 5.73 Å². The minimum atomic E-state index is -1.16. The normalized spacial score (nSPS) is 20.5. The standard InChI is InChI=1S/C29H31N3O2/c30-28-31-29(25-10-3-1-4-11-25,26-12-5-2-6-13-26)27(33)32(28)21-22-14-16-24(17-15-22)23-9-7-8-19-34-20-18-23/h1-6,10-17,23H,7-9,18-21H2,(H2,30,31). The largest absolute Gasteiger partial charge is 0.381 e. The summed E-state index contributed by atoms with van der Waals surface area (Å²) in [5, 5.41) is 0. The Kier molecular flexibility index (Phi) is 6.45. The molecule has 1 fully saturated rings. The van der Waals surface area contributed by atoms with Crippen molar-refractivity contribution in [2.45, 2.75) is 43.7 Å². The highest BCUT2D eigenvalue weighted by atomic mass is 16.5. The number of carbonyl (C=O) groups is 1. The minimum Gasteiger partial charge on any atom is -0.381 e. The molecule has 2 heterocycles. The third-order valence-corrected chi connectivity index (χ3v) is 6.99. The van der Waals surface area contributed by atoms with Crippen LogP contribution in [0.15, 0.2) is 89.9 Å². The first kappa shape index (κ1) is 22.4. The Morgan fingerprint density at radius 3 is 2.15 bits per heavy atom. The van der Waals surface area contributed by atoms with Crippen molar-refractivity contribution in [1.29, 1.82) is 0 Å². The van der Waals surface area contributed by atoms with Gasteiger partial charge in [-0.05, 0) is 47.4 Å². The number of nitrogens with two attached hydrogens (primary N) is 1. The first-order valence-corrected chi connectivity index (χ1v) is 12.1. The van der Waals surface area contributed by atoms with E-state index in [1.165, 1.54) is 18.4 Å². The monoisotopic (exact) mass is 453 g/mol. The summed E-state index contributed by atoms with van der Waals surface area (Å²) in [4.78, 5) is 20.3. The third kappa shape index (κ3) is 4.24. The van der Waals surface area contributed by atoms with Crippen LogP contribution in [0.5, 0.6) is 0 Å². The number of aliphatic imine (C=N–C) groups is 1. The van der Waals surface area contributed by atoms with Gasteiger partial charge in [-0.15, -0.1) is 0 Å². The van der Waals surface area contributed by atoms with Gasteiger partial charge < -0.3 is 10.5 Å². The van der Waals surface area contributed by atoms with Crippen LogP contribution in [0.25, 0.3) is 0 Å². The number of amides is 1. The lowest BCUT2D eigenvalue weighted by molar-refractivity contribution is -0.130. The van der Waals surface area contributed by atoms with Gasteiger partial charge in [0.05, 0.1) is 6.54 Å². The lowest BCUT2D eigenvalue weighted by atomic mass is 9.83. The van der Waals surface area contributed by atoms with Crippen LogP contribution in [0.3, 0.4) is 0 Å². The van der Waals surface area contributed by atoms with Gasteiger partial charge in [-0.1, -0.05) is 91.3 Å². The van der Waals surface area contributed by atoms with Crippen LogP contribution in [0.2, 0.25) is 0 Å². The number of hydrogen-bond acceptors (Lipinski definition) is 4. The smallest absolute Gasteiger partial charge is 0.266 e. The molecule has 0 radical (unpaired) electrons. The summed E-state index contributed by atoms with van der Waals surface area (Å²) in [5.74, 6) is 0.654. The Labute approximate surface area is 201 Å². The fraction of sp³-hybridized carbons (Fsp3) is 0.310. The summed E-state index contributed by atoms with van der Waals surface area (Å²) < 4.78 is 5.68. The maximum Gasteiger partial charge on any atom is 0.266 e. The van der Waals surface area contributed by atoms with E-state index in [-0.39, 0.29) is 11.9 Å². The summed E-state index contributed by atoms with van der Waals surface area (Å²) in [6, 6.07) is 28.0. The van der Waals surface area contributed by atoms with Crippen LogP contribution in [-0.4, -0.2) is 30.0 Å². The van der Waals surface area contributed by atoms with Crippen molar-refractivity contribution in [3.05, 3.63) is 107 Å². The average Bonchev–Trinajstić information content (AvgIpc) is 3.11. The molecule has 2 aliphatic rings. The minimum absolute atomic E-state index is 0.122. The average molecular weight is 454 g/mol. The maximum absolute atomic E-state index is 13.9. The molecule has 2 aliphatic heterocycles. The van der Waals surface area contributed by atoms with Crippen molar-refractivity contribution in [2.75, 3.05) is 13.2 Å². The Morgan fingerprint density at radius 1 is 0.853 bits per heavy atom. The summed E-state index contributed by atoms with van der Waals surface area (Å²) in [5.41, 5.74) is 9.24. The summed E-state index contributed by atoms with van der Waals surface area (Å²) >= 11 is 0. The van der Waals surface area contributed by atoms with Gasteiger partial charge in [0.2, 0.25) is 0 Å². The molecular weight excluding hydrogens is 422 g/mol. The first-order chi connectivity index (χ1) is 16.7. The van der Waals surface area contributed by atoms with E-state index in [0.29, 0.717) is 12.5 Å². The van der Waals surface area contributed by atoms with Crippen molar-refractivity contribution in [3.8, 4) is 0 Å². The Balaban J connectivity index is 1.40. The molecule has 5 nitrogen and oxygen atoms in total. The van der Waals surface area contributed by atoms with Gasteiger partial charge in [0, 0.05) is 13.2 Å². The van der Waals surface area contributed by atoms with Crippen LogP contribution in [0.1, 0.15) is 53.9 Å². The summed E-state index contributed by atoms with van der Waals surface area (Å²) in [6.07, 6.45) is 4.58. The summed E-state index contributed by atoms with van der Waals surface area (Å²) in [7, 11) is 0. The Morgan fingerprint density at radius 2 is 1.50 bits per heavy atom. The Bertz CT molecular complexity index is 1100. The molecule has 3 aromatic rings. The van der Waals surface area contributed by atoms with Crippen LogP contribution in [0.4, 0.5) is 0 Å². The zero-order chi connectivity index (χ0) is 23.4. The molecule has 2 N–H and O–H groups in total. The van der Waals surface area contributed by atoms with Gasteiger partial charge in [0.15, 0.2) is 11.5 Å². The van der Waals surface area contributed by atoms with Gasteiger partial charge in [-0.2, -0.15) is 0 Å². The van der Waals surface area contributed by atoms with Gasteiger partial charge in [-0.3, -0.25) is 9.69 Å². The van der Waals surface area contributed by atoms with Gasteiger partial charge in [0.1, 0.15) is 0 Å². The molecule has 34 heavy (non-hydrogen) atoms. The van der Waals surface area contributed by atoms with E-state index < -0.39 is 5.54 Å². The molecule has 0 aliphatic carbocycles. The SMILES string of the molecule is NC1=NC(c2ccccc2)(c2ccccc2)C(=O)N1Cc1ccc(C2CCCCOCC2)cc1. The molecule has 1 saturated heterocycles. The van der Waals surface area contributed by atoms with E-state index >= 15 is 0 Å². The fourth-order valence-corrected chi connectivity index (χ4v) is 5.11. The second-order valence-corrected chi connectivity index (χ2v) is 9.14. The number of nitrogens with zero attached hydrogens (tertiary/aromatic N) is 2. The third-order valence-electron chi connectivity index (χ3n) is 6.99. The van der Waals surface area contributed by atoms with E-state index in [0.717, 1.165) is 42.7 Å². The van der Waals surface area contributed by atoms with Crippen molar-refractivity contribution in [2.24, 2.45) is 10.7 Å². The molecule has 3 aromatic carbocycles. The molecule has 1 amide bonds. The van der Waals surface area contributed by atoms with Gasteiger partial charge in [-0.25, -0.2) is 4.99 Å². The van der Waals surface area contributed by atoms with Gasteiger partial charge in [0.25, 0.3) is 5.91 Å². The molecule has 0 bridgehead atoms. The molecule has 174 valence electrons. The van der Waals surface area contributed by atoms with E-state index in [2.05, 4.69) is 24.3 Å². The highest BCUT2D eigenvalue weighted by molar-refractivity contribution is 6.09. The molecule has 1 atom stereocenters. The quantitative estimate of drug-likeness (QED) is 0.594. The van der Waals surface area contributed by atoms with E-state index in [1.54, 1.807) is 4.90 Å². The molecule has 0 spiro atoms. The Hall–Kier alpha value is -3.44. The first-order valence-electron chi connectivity index (χ1n) is 12.1. The van der Waals surface area contributed by atoms with Crippen LogP contribution in [-0.2, 0) is 21.6 Å². The van der Waals surface area contributed by atoms with Crippen molar-refractivity contribution < 1.29 is 9.53 Å². The van der Waals surface area contributed by atoms with E-state index in [4.69, 9.17) is 15.5 Å². The van der Waals surface area contributed by atoms with Crippen molar-refractivity contribution in [1.82, 2.24) is 4.90 Å². The highest BCUT2D eigenvalue weighted by Crippen LogP contribution is 2.40. The maximum atomic E-state index is 13.9. The molecular formula is C29H31N3O2. The molecule has 5 rings (SSSR count). The van der Waals surface area contributed by atoms with Crippen molar-refractivity contribution >= 4 is 11.9 Å². The second kappa shape index (κ2) is 9.82. The predicted molar refractivity (Wildman–Crippen MR) is 134 cm³/mol. The number of hydrogen-bond donors (Lipinski definition) is 1. The molecule has 0 saturated carbocycles. The number of guanidine groups is 1. The topological polar surface area (TPSA) is 67.9 Å². The van der Waals surface area contributed by atoms with Crippen LogP contribution in [0, 0.1) is 0 Å². The lowest BCUT2D eigenvalue weighted by Gasteiger charge is -2.27. The number of ether oxygens (including phenoxy) is 1. The highest BCUT2D eigenvalue weighted by Gasteiger charge is 2.50. The molecule has 0 aromatic heterocycles. The zero-order valence-electron chi connectivity index (χ0n) is 19.4. The van der Waals surface area contributed by atoms with E-state index in [9.17, 15) is 4.79 Å². The molecule has 5 heteroatoms. The lowest BCUT2D eigenvalue weighted by Crippen LogP contribution is -2.43. The summed E-state index contributed by atoms with van der Waals surface area (Å²) in [6.45, 7) is 2.10.